The van der Waals surface area contributed by atoms with Crippen LogP contribution in [0.3, 0.4) is 0 Å². The van der Waals surface area contributed by atoms with E-state index in [9.17, 15) is 4.79 Å². The lowest BCUT2D eigenvalue weighted by atomic mass is 10.3. The lowest BCUT2D eigenvalue weighted by molar-refractivity contribution is 0.439. The topological polar surface area (TPSA) is 72.0 Å². The molecule has 54 valence electrons. The van der Waals surface area contributed by atoms with Crippen molar-refractivity contribution in [1.82, 2.24) is 4.98 Å². The summed E-state index contributed by atoms with van der Waals surface area (Å²) in [6.07, 6.45) is 1.72. The van der Waals surface area contributed by atoms with Crippen LogP contribution in [0.5, 0.6) is 0 Å². The maximum atomic E-state index is 10.6. The van der Waals surface area contributed by atoms with Crippen molar-refractivity contribution in [3.05, 3.63) is 22.0 Å². The molecule has 3 N–H and O–H groups in total. The Bertz CT molecular complexity index is 299. The molecule has 0 aromatic carbocycles. The van der Waals surface area contributed by atoms with Crippen molar-refractivity contribution >= 4 is 0 Å². The van der Waals surface area contributed by atoms with Crippen molar-refractivity contribution < 1.29 is 4.42 Å². The Morgan fingerprint density at radius 1 is 1.70 bits per heavy atom. The van der Waals surface area contributed by atoms with Crippen LogP contribution < -0.4 is 11.5 Å². The molecule has 4 heteroatoms. The number of hydrogen-bond donors (Lipinski definition) is 2. The molecule has 0 saturated carbocycles. The zero-order valence-corrected chi connectivity index (χ0v) is 5.39. The predicted molar refractivity (Wildman–Crippen MR) is 34.6 cm³/mol. The van der Waals surface area contributed by atoms with Crippen LogP contribution >= 0.6 is 0 Å². The van der Waals surface area contributed by atoms with Crippen molar-refractivity contribution in [1.29, 1.82) is 0 Å². The van der Waals surface area contributed by atoms with Crippen molar-refractivity contribution in [2.24, 2.45) is 5.73 Å². The monoisotopic (exact) mass is 140 g/mol. The van der Waals surface area contributed by atoms with Gasteiger partial charge in [-0.25, -0.2) is 4.79 Å². The number of aromatic nitrogens is 1. The summed E-state index contributed by atoms with van der Waals surface area (Å²) in [5.41, 5.74) is 6.48. The van der Waals surface area contributed by atoms with E-state index in [1.54, 1.807) is 0 Å². The van der Waals surface area contributed by atoms with Gasteiger partial charge < -0.3 is 10.2 Å². The lowest BCUT2D eigenvalue weighted by Crippen LogP contribution is -2.05. The molecule has 1 aromatic rings. The molecule has 0 fully saturated rings. The SMILES string of the molecule is NC1CCc2[nH]c(=O)oc21. The van der Waals surface area contributed by atoms with E-state index in [1.807, 2.05) is 0 Å². The second kappa shape index (κ2) is 1.73. The molecule has 0 aliphatic heterocycles. The second-order valence-electron chi connectivity index (χ2n) is 2.50. The Balaban J connectivity index is 2.59. The van der Waals surface area contributed by atoms with E-state index in [1.165, 1.54) is 0 Å². The number of nitrogens with one attached hydrogen (secondary N) is 1. The van der Waals surface area contributed by atoms with Gasteiger partial charge in [0, 0.05) is 0 Å². The van der Waals surface area contributed by atoms with Gasteiger partial charge in [0.2, 0.25) is 0 Å². The molecule has 0 amide bonds. The number of hydrogen-bond acceptors (Lipinski definition) is 3. The normalized spacial score (nSPS) is 23.1. The molecular weight excluding hydrogens is 132 g/mol. The molecule has 2 rings (SSSR count). The Morgan fingerprint density at radius 3 is 3.20 bits per heavy atom. The third kappa shape index (κ3) is 0.623. The first-order chi connectivity index (χ1) is 4.77. The van der Waals surface area contributed by atoms with Gasteiger partial charge in [-0.2, -0.15) is 0 Å². The Kier molecular flexibility index (Phi) is 0.990. The van der Waals surface area contributed by atoms with E-state index in [-0.39, 0.29) is 11.8 Å². The van der Waals surface area contributed by atoms with Crippen molar-refractivity contribution in [2.45, 2.75) is 18.9 Å². The first kappa shape index (κ1) is 5.73. The van der Waals surface area contributed by atoms with Crippen LogP contribution in [0.1, 0.15) is 23.9 Å². The summed E-state index contributed by atoms with van der Waals surface area (Å²) in [6, 6.07) is -0.0750. The van der Waals surface area contributed by atoms with E-state index in [0.29, 0.717) is 5.76 Å². The summed E-state index contributed by atoms with van der Waals surface area (Å²) < 4.78 is 4.80. The van der Waals surface area contributed by atoms with Crippen molar-refractivity contribution in [2.75, 3.05) is 0 Å². The van der Waals surface area contributed by atoms with Crippen LogP contribution in [-0.2, 0) is 6.42 Å². The second-order valence-corrected chi connectivity index (χ2v) is 2.50. The average Bonchev–Trinajstić information content (AvgIpc) is 2.35. The minimum atomic E-state index is -0.389. The van der Waals surface area contributed by atoms with Crippen molar-refractivity contribution in [3.8, 4) is 0 Å². The molecule has 1 aromatic heterocycles. The largest absolute Gasteiger partial charge is 0.416 e. The highest BCUT2D eigenvalue weighted by atomic mass is 16.4. The predicted octanol–water partition coefficient (Wildman–Crippen LogP) is -0.0861. The van der Waals surface area contributed by atoms with Gasteiger partial charge in [0.05, 0.1) is 11.7 Å². The Hall–Kier alpha value is -1.03. The zero-order valence-electron chi connectivity index (χ0n) is 5.39. The third-order valence-electron chi connectivity index (χ3n) is 1.80. The van der Waals surface area contributed by atoms with E-state index < -0.39 is 0 Å². The summed E-state index contributed by atoms with van der Waals surface area (Å²) in [4.78, 5) is 13.2. The molecule has 0 radical (unpaired) electrons. The molecule has 1 aliphatic rings. The maximum Gasteiger partial charge on any atom is 0.416 e. The smallest absolute Gasteiger partial charge is 0.411 e. The zero-order chi connectivity index (χ0) is 7.14. The number of aryl methyl sites for hydroxylation is 1. The molecule has 0 spiro atoms. The molecule has 10 heavy (non-hydrogen) atoms. The number of oxazole rings is 1. The third-order valence-corrected chi connectivity index (χ3v) is 1.80. The van der Waals surface area contributed by atoms with Gasteiger partial charge in [-0.3, -0.25) is 4.98 Å². The Morgan fingerprint density at radius 2 is 2.50 bits per heavy atom. The standard InChI is InChI=1S/C6H8N2O2/c7-3-1-2-4-5(3)10-6(9)8-4/h3H,1-2,7H2,(H,8,9). The molecule has 4 nitrogen and oxygen atoms in total. The number of nitrogens with two attached hydrogens (primary N) is 1. The number of rotatable bonds is 0. The summed E-state index contributed by atoms with van der Waals surface area (Å²) in [5, 5.41) is 0. The maximum absolute atomic E-state index is 10.6. The van der Waals surface area contributed by atoms with Crippen LogP contribution in [0.2, 0.25) is 0 Å². The summed E-state index contributed by atoms with van der Waals surface area (Å²) in [5.74, 6) is 0.255. The quantitative estimate of drug-likeness (QED) is 0.529. The highest BCUT2D eigenvalue weighted by Crippen LogP contribution is 2.25. The number of aromatic amines is 1. The molecule has 0 saturated heterocycles. The van der Waals surface area contributed by atoms with E-state index in [4.69, 9.17) is 10.2 Å². The molecule has 1 aliphatic carbocycles. The van der Waals surface area contributed by atoms with Crippen LogP contribution in [0.25, 0.3) is 0 Å². The van der Waals surface area contributed by atoms with Crippen LogP contribution in [0.15, 0.2) is 9.21 Å². The van der Waals surface area contributed by atoms with Gasteiger partial charge in [0.25, 0.3) is 0 Å². The molecule has 1 heterocycles. The van der Waals surface area contributed by atoms with Gasteiger partial charge in [0.1, 0.15) is 5.76 Å². The fourth-order valence-corrected chi connectivity index (χ4v) is 1.29. The van der Waals surface area contributed by atoms with Crippen LogP contribution in [-0.4, -0.2) is 4.98 Å². The van der Waals surface area contributed by atoms with Gasteiger partial charge in [-0.1, -0.05) is 0 Å². The first-order valence-electron chi connectivity index (χ1n) is 3.25. The Labute approximate surface area is 57.0 Å². The minimum absolute atomic E-state index is 0.0750. The van der Waals surface area contributed by atoms with E-state index >= 15 is 0 Å². The van der Waals surface area contributed by atoms with Gasteiger partial charge in [-0.15, -0.1) is 0 Å². The fourth-order valence-electron chi connectivity index (χ4n) is 1.29. The molecule has 0 bridgehead atoms. The lowest BCUT2D eigenvalue weighted by Gasteiger charge is -1.94. The molecule has 1 unspecified atom stereocenters. The van der Waals surface area contributed by atoms with Crippen LogP contribution in [0.4, 0.5) is 0 Å². The average molecular weight is 140 g/mol. The van der Waals surface area contributed by atoms with Gasteiger partial charge >= 0.3 is 5.76 Å². The number of H-pyrrole nitrogens is 1. The first-order valence-corrected chi connectivity index (χ1v) is 3.25. The highest BCUT2D eigenvalue weighted by Gasteiger charge is 2.23. The summed E-state index contributed by atoms with van der Waals surface area (Å²) >= 11 is 0. The summed E-state index contributed by atoms with van der Waals surface area (Å²) in [6.45, 7) is 0. The molecule has 1 atom stereocenters. The van der Waals surface area contributed by atoms with E-state index in [0.717, 1.165) is 18.5 Å². The number of fused-ring (bicyclic) bond motifs is 1. The highest BCUT2D eigenvalue weighted by molar-refractivity contribution is 5.17. The minimum Gasteiger partial charge on any atom is -0.411 e. The molecular formula is C6H8N2O2. The van der Waals surface area contributed by atoms with Gasteiger partial charge in [0.15, 0.2) is 0 Å². The van der Waals surface area contributed by atoms with Gasteiger partial charge in [-0.05, 0) is 12.8 Å². The van der Waals surface area contributed by atoms with E-state index in [2.05, 4.69) is 4.98 Å². The van der Waals surface area contributed by atoms with Crippen LogP contribution in [0, 0.1) is 0 Å². The van der Waals surface area contributed by atoms with Crippen molar-refractivity contribution in [3.63, 3.8) is 0 Å². The summed E-state index contributed by atoms with van der Waals surface area (Å²) in [7, 11) is 0. The fraction of sp³-hybridized carbons (Fsp3) is 0.500.